The molecule has 6 unspecified atom stereocenters. The standard InChI is InChI=1S/C25H38O8/c1-5-13-11-16-18(14(6-2)15(13)9-10-26)22(31)25(7-3,8-4)23(16)33-24-21(30)20(29)19(28)17(12-27)32-24/h11,17,19-21,23-24,26-30H,5-10,12H2,1-4H3. The Kier molecular flexibility index (Phi) is 8.32. The van der Waals surface area contributed by atoms with Gasteiger partial charge in [-0.3, -0.25) is 4.79 Å². The molecule has 0 bridgehead atoms. The molecule has 1 aliphatic heterocycles. The zero-order valence-electron chi connectivity index (χ0n) is 20.0. The molecular formula is C25H38O8. The van der Waals surface area contributed by atoms with E-state index in [0.717, 1.165) is 28.7 Å². The summed E-state index contributed by atoms with van der Waals surface area (Å²) in [6.45, 7) is 7.32. The van der Waals surface area contributed by atoms with Crippen LogP contribution in [0.3, 0.4) is 0 Å². The molecule has 1 fully saturated rings. The minimum atomic E-state index is -1.56. The van der Waals surface area contributed by atoms with Crippen molar-refractivity contribution in [2.24, 2.45) is 5.41 Å². The maximum Gasteiger partial charge on any atom is 0.187 e. The Morgan fingerprint density at radius 1 is 0.970 bits per heavy atom. The predicted octanol–water partition coefficient (Wildman–Crippen LogP) is 1.21. The van der Waals surface area contributed by atoms with Crippen LogP contribution in [0.4, 0.5) is 0 Å². The van der Waals surface area contributed by atoms with E-state index in [-0.39, 0.29) is 12.4 Å². The molecule has 1 aromatic rings. The van der Waals surface area contributed by atoms with Crippen molar-refractivity contribution in [3.05, 3.63) is 33.9 Å². The van der Waals surface area contributed by atoms with Gasteiger partial charge in [0.1, 0.15) is 24.4 Å². The number of aliphatic hydroxyl groups excluding tert-OH is 5. The van der Waals surface area contributed by atoms with Crippen LogP contribution in [-0.4, -0.2) is 75.2 Å². The highest BCUT2D eigenvalue weighted by Crippen LogP contribution is 2.54. The third kappa shape index (κ3) is 4.16. The molecule has 6 atom stereocenters. The van der Waals surface area contributed by atoms with Crippen molar-refractivity contribution < 1.29 is 39.8 Å². The molecule has 8 nitrogen and oxygen atoms in total. The van der Waals surface area contributed by atoms with Crippen LogP contribution in [0.1, 0.15) is 79.3 Å². The van der Waals surface area contributed by atoms with E-state index in [9.17, 15) is 30.3 Å². The number of hydrogen-bond donors (Lipinski definition) is 5. The molecule has 1 aliphatic carbocycles. The van der Waals surface area contributed by atoms with E-state index in [1.165, 1.54) is 0 Å². The van der Waals surface area contributed by atoms with Crippen molar-refractivity contribution in [1.82, 2.24) is 0 Å². The van der Waals surface area contributed by atoms with E-state index >= 15 is 0 Å². The van der Waals surface area contributed by atoms with Crippen LogP contribution in [0.5, 0.6) is 0 Å². The molecule has 8 heteroatoms. The van der Waals surface area contributed by atoms with E-state index in [0.29, 0.717) is 31.2 Å². The molecule has 0 aromatic heterocycles. The Morgan fingerprint density at radius 3 is 2.15 bits per heavy atom. The molecular weight excluding hydrogens is 428 g/mol. The lowest BCUT2D eigenvalue weighted by Gasteiger charge is -2.42. The summed E-state index contributed by atoms with van der Waals surface area (Å²) in [5.41, 5.74) is 3.44. The Bertz CT molecular complexity index is 847. The van der Waals surface area contributed by atoms with Crippen molar-refractivity contribution in [2.75, 3.05) is 13.2 Å². The number of ether oxygens (including phenoxy) is 2. The van der Waals surface area contributed by atoms with Gasteiger partial charge < -0.3 is 35.0 Å². The van der Waals surface area contributed by atoms with Crippen LogP contribution < -0.4 is 0 Å². The van der Waals surface area contributed by atoms with Gasteiger partial charge in [0.25, 0.3) is 0 Å². The average Bonchev–Trinajstić information content (AvgIpc) is 3.06. The Balaban J connectivity index is 2.14. The largest absolute Gasteiger partial charge is 0.396 e. The number of Topliss-reactive ketones (excluding diaryl/α,β-unsaturated/α-hetero) is 1. The van der Waals surface area contributed by atoms with Crippen molar-refractivity contribution in [2.45, 2.75) is 96.6 Å². The number of aliphatic hydroxyl groups is 5. The summed E-state index contributed by atoms with van der Waals surface area (Å²) in [5, 5.41) is 50.1. The van der Waals surface area contributed by atoms with Crippen molar-refractivity contribution >= 4 is 5.78 Å². The van der Waals surface area contributed by atoms with Crippen LogP contribution >= 0.6 is 0 Å². The van der Waals surface area contributed by atoms with Crippen LogP contribution in [0.25, 0.3) is 0 Å². The fourth-order valence-corrected chi connectivity index (χ4v) is 5.59. The van der Waals surface area contributed by atoms with Gasteiger partial charge >= 0.3 is 0 Å². The first-order valence-corrected chi connectivity index (χ1v) is 12.0. The lowest BCUT2D eigenvalue weighted by Crippen LogP contribution is -2.59. The quantitative estimate of drug-likeness (QED) is 0.366. The SMILES string of the molecule is CCc1cc2c(c(CC)c1CCO)C(=O)C(CC)(CC)C2OC1OC(CO)C(O)C(O)C1O. The summed E-state index contributed by atoms with van der Waals surface area (Å²) in [6.07, 6.45) is -4.90. The number of hydrogen-bond acceptors (Lipinski definition) is 8. The molecule has 0 amide bonds. The lowest BCUT2D eigenvalue weighted by molar-refractivity contribution is -0.318. The minimum absolute atomic E-state index is 0.00945. The van der Waals surface area contributed by atoms with E-state index in [4.69, 9.17) is 9.47 Å². The van der Waals surface area contributed by atoms with Gasteiger partial charge in [-0.2, -0.15) is 0 Å². The van der Waals surface area contributed by atoms with E-state index in [2.05, 4.69) is 0 Å². The van der Waals surface area contributed by atoms with Crippen molar-refractivity contribution in [3.63, 3.8) is 0 Å². The highest BCUT2D eigenvalue weighted by Gasteiger charge is 2.55. The second-order valence-corrected chi connectivity index (χ2v) is 9.04. The van der Waals surface area contributed by atoms with Crippen molar-refractivity contribution in [3.8, 4) is 0 Å². The number of ketones is 1. The van der Waals surface area contributed by atoms with Crippen LogP contribution in [-0.2, 0) is 28.7 Å². The van der Waals surface area contributed by atoms with Crippen molar-refractivity contribution in [1.29, 1.82) is 0 Å². The minimum Gasteiger partial charge on any atom is -0.396 e. The maximum atomic E-state index is 13.9. The molecule has 5 N–H and O–H groups in total. The van der Waals surface area contributed by atoms with Gasteiger partial charge in [0, 0.05) is 12.2 Å². The zero-order chi connectivity index (χ0) is 24.5. The first-order valence-electron chi connectivity index (χ1n) is 12.0. The summed E-state index contributed by atoms with van der Waals surface area (Å²) < 4.78 is 11.9. The summed E-state index contributed by atoms with van der Waals surface area (Å²) in [4.78, 5) is 13.9. The number of fused-ring (bicyclic) bond motifs is 1. The first-order chi connectivity index (χ1) is 15.8. The third-order valence-corrected chi connectivity index (χ3v) is 7.61. The highest BCUT2D eigenvalue weighted by atomic mass is 16.7. The van der Waals surface area contributed by atoms with Gasteiger partial charge in [-0.15, -0.1) is 0 Å². The highest BCUT2D eigenvalue weighted by molar-refractivity contribution is 6.07. The van der Waals surface area contributed by atoms with Gasteiger partial charge in [0.05, 0.1) is 18.1 Å². The Hall–Kier alpha value is -1.39. The van der Waals surface area contributed by atoms with Gasteiger partial charge in [-0.05, 0) is 54.4 Å². The normalized spacial score (nSPS) is 31.1. The first kappa shape index (κ1) is 26.2. The third-order valence-electron chi connectivity index (χ3n) is 7.61. The van der Waals surface area contributed by atoms with Crippen LogP contribution in [0.2, 0.25) is 0 Å². The summed E-state index contributed by atoms with van der Waals surface area (Å²) in [6, 6.07) is 1.97. The maximum absolute atomic E-state index is 13.9. The summed E-state index contributed by atoms with van der Waals surface area (Å²) in [7, 11) is 0. The molecule has 3 rings (SSSR count). The topological polar surface area (TPSA) is 137 Å². The van der Waals surface area contributed by atoms with Gasteiger partial charge in [0.2, 0.25) is 0 Å². The number of rotatable bonds is 9. The number of carbonyl (C=O) groups is 1. The van der Waals surface area contributed by atoms with E-state index in [1.807, 2.05) is 33.8 Å². The Labute approximate surface area is 195 Å². The second-order valence-electron chi connectivity index (χ2n) is 9.04. The van der Waals surface area contributed by atoms with Gasteiger partial charge in [-0.1, -0.05) is 33.8 Å². The van der Waals surface area contributed by atoms with Crippen LogP contribution in [0.15, 0.2) is 6.07 Å². The van der Waals surface area contributed by atoms with E-state index < -0.39 is 48.8 Å². The fraction of sp³-hybridized carbons (Fsp3) is 0.720. The second kappa shape index (κ2) is 10.5. The number of aryl methyl sites for hydroxylation is 1. The van der Waals surface area contributed by atoms with Gasteiger partial charge in [0.15, 0.2) is 12.1 Å². The average molecular weight is 467 g/mol. The van der Waals surface area contributed by atoms with Gasteiger partial charge in [-0.25, -0.2) is 0 Å². The number of carbonyl (C=O) groups excluding carboxylic acids is 1. The molecule has 0 radical (unpaired) electrons. The molecule has 1 aromatic carbocycles. The number of benzene rings is 1. The van der Waals surface area contributed by atoms with E-state index in [1.54, 1.807) is 0 Å². The fourth-order valence-electron chi connectivity index (χ4n) is 5.59. The summed E-state index contributed by atoms with van der Waals surface area (Å²) in [5.74, 6) is -0.0178. The smallest absolute Gasteiger partial charge is 0.187 e. The Morgan fingerprint density at radius 2 is 1.64 bits per heavy atom. The molecule has 33 heavy (non-hydrogen) atoms. The zero-order valence-corrected chi connectivity index (χ0v) is 20.0. The molecule has 0 saturated carbocycles. The molecule has 1 heterocycles. The molecule has 0 spiro atoms. The molecule has 2 aliphatic rings. The summed E-state index contributed by atoms with van der Waals surface area (Å²) >= 11 is 0. The molecule has 186 valence electrons. The lowest BCUT2D eigenvalue weighted by atomic mass is 9.76. The molecule has 1 saturated heterocycles. The van der Waals surface area contributed by atoms with Crippen LogP contribution in [0, 0.1) is 5.41 Å². The predicted molar refractivity (Wildman–Crippen MR) is 121 cm³/mol. The monoisotopic (exact) mass is 466 g/mol.